The summed E-state index contributed by atoms with van der Waals surface area (Å²) in [5.74, 6) is -1.02. The average Bonchev–Trinajstić information content (AvgIpc) is 1.85. The van der Waals surface area contributed by atoms with Gasteiger partial charge in [0, 0.05) is 11.5 Å². The van der Waals surface area contributed by atoms with E-state index in [0.717, 1.165) is 12.1 Å². The van der Waals surface area contributed by atoms with Crippen LogP contribution in [0, 0.1) is 5.95 Å². The minimum absolute atomic E-state index is 0.343. The first-order chi connectivity index (χ1) is 5.11. The van der Waals surface area contributed by atoms with Gasteiger partial charge in [0.25, 0.3) is 0 Å². The van der Waals surface area contributed by atoms with Crippen molar-refractivity contribution < 1.29 is 14.4 Å². The Hall–Kier alpha value is -1.14. The number of hydrogen-bond donors (Lipinski definition) is 3. The predicted octanol–water partition coefficient (Wildman–Crippen LogP) is -1.81. The van der Waals surface area contributed by atoms with Gasteiger partial charge < -0.3 is 10.0 Å². The zero-order valence-electron chi connectivity index (χ0n) is 5.41. The lowest BCUT2D eigenvalue weighted by molar-refractivity contribution is 0.421. The highest BCUT2D eigenvalue weighted by Crippen LogP contribution is 1.83. The van der Waals surface area contributed by atoms with Gasteiger partial charge in [-0.1, -0.05) is 6.07 Å². The molecule has 0 bridgehead atoms. The summed E-state index contributed by atoms with van der Waals surface area (Å²) in [5, 5.41) is 17.0. The number of aromatic amines is 1. The molecule has 0 saturated heterocycles. The summed E-state index contributed by atoms with van der Waals surface area (Å²) >= 11 is 0. The highest BCUT2D eigenvalue weighted by molar-refractivity contribution is 6.58. The van der Waals surface area contributed by atoms with Crippen LogP contribution in [0.15, 0.2) is 16.9 Å². The smallest absolute Gasteiger partial charge is 0.423 e. The largest absolute Gasteiger partial charge is 0.493 e. The van der Waals surface area contributed by atoms with Gasteiger partial charge in [-0.15, -0.1) is 0 Å². The van der Waals surface area contributed by atoms with Crippen LogP contribution >= 0.6 is 0 Å². The number of aromatic nitrogens is 1. The number of H-pyrrole nitrogens is 1. The summed E-state index contributed by atoms with van der Waals surface area (Å²) in [4.78, 5) is 12.2. The zero-order valence-corrected chi connectivity index (χ0v) is 5.41. The summed E-state index contributed by atoms with van der Waals surface area (Å²) in [7, 11) is -1.90. The van der Waals surface area contributed by atoms with E-state index in [1.54, 1.807) is 4.98 Å². The Morgan fingerprint density at radius 1 is 1.45 bits per heavy atom. The molecule has 0 aliphatic carbocycles. The maximum absolute atomic E-state index is 12.5. The Morgan fingerprint density at radius 2 is 2.09 bits per heavy atom. The Morgan fingerprint density at radius 3 is 2.55 bits per heavy atom. The lowest BCUT2D eigenvalue weighted by Gasteiger charge is -1.97. The molecule has 0 saturated carbocycles. The van der Waals surface area contributed by atoms with Gasteiger partial charge in [-0.3, -0.25) is 9.78 Å². The van der Waals surface area contributed by atoms with E-state index in [2.05, 4.69) is 0 Å². The zero-order chi connectivity index (χ0) is 8.43. The molecule has 0 radical (unpaired) electrons. The molecule has 6 heteroatoms. The van der Waals surface area contributed by atoms with Crippen LogP contribution < -0.4 is 11.0 Å². The van der Waals surface area contributed by atoms with Crippen LogP contribution in [0.4, 0.5) is 4.39 Å². The third-order valence-corrected chi connectivity index (χ3v) is 1.18. The minimum Gasteiger partial charge on any atom is -0.423 e. The molecular weight excluding hydrogens is 152 g/mol. The molecule has 1 heterocycles. The molecule has 1 aromatic rings. The van der Waals surface area contributed by atoms with E-state index in [9.17, 15) is 9.18 Å². The Kier molecular flexibility index (Phi) is 2.07. The van der Waals surface area contributed by atoms with E-state index < -0.39 is 18.6 Å². The molecule has 0 aliphatic rings. The van der Waals surface area contributed by atoms with Crippen molar-refractivity contribution in [2.24, 2.45) is 0 Å². The first kappa shape index (κ1) is 7.97. The van der Waals surface area contributed by atoms with Crippen LogP contribution in [0.1, 0.15) is 0 Å². The second-order valence-corrected chi connectivity index (χ2v) is 1.97. The number of rotatable bonds is 1. The van der Waals surface area contributed by atoms with Gasteiger partial charge in [0.05, 0.1) is 0 Å². The third kappa shape index (κ3) is 1.66. The molecule has 58 valence electrons. The van der Waals surface area contributed by atoms with E-state index in [4.69, 9.17) is 10.0 Å². The number of halogens is 1. The van der Waals surface area contributed by atoms with Crippen molar-refractivity contribution >= 4 is 12.6 Å². The molecule has 0 spiro atoms. The van der Waals surface area contributed by atoms with E-state index in [1.165, 1.54) is 0 Å². The molecule has 3 N–H and O–H groups in total. The van der Waals surface area contributed by atoms with Crippen LogP contribution in [0.5, 0.6) is 0 Å². The van der Waals surface area contributed by atoms with Crippen LogP contribution in [-0.4, -0.2) is 22.2 Å². The second-order valence-electron chi connectivity index (χ2n) is 1.97. The third-order valence-electron chi connectivity index (χ3n) is 1.18. The normalized spacial score (nSPS) is 9.73. The molecule has 0 atom stereocenters. The highest BCUT2D eigenvalue weighted by Gasteiger charge is 2.16. The highest BCUT2D eigenvalue weighted by atomic mass is 19.1. The molecule has 11 heavy (non-hydrogen) atoms. The van der Waals surface area contributed by atoms with Crippen molar-refractivity contribution in [1.29, 1.82) is 0 Å². The molecule has 4 nitrogen and oxygen atoms in total. The van der Waals surface area contributed by atoms with Crippen molar-refractivity contribution in [3.05, 3.63) is 28.4 Å². The standard InChI is InChI=1S/C5H5BFNO3/c7-5-3(6(10)11)1-2-4(9)8-5/h1-2,10-11H,(H,8,9). The van der Waals surface area contributed by atoms with Gasteiger partial charge in [-0.2, -0.15) is 4.39 Å². The number of pyridine rings is 1. The SMILES string of the molecule is O=c1ccc(B(O)O)c(F)[nH]1. The Bertz CT molecular complexity index is 311. The fraction of sp³-hybridized carbons (Fsp3) is 0. The van der Waals surface area contributed by atoms with E-state index >= 15 is 0 Å². The maximum Gasteiger partial charge on any atom is 0.493 e. The van der Waals surface area contributed by atoms with Gasteiger partial charge in [0.1, 0.15) is 0 Å². The van der Waals surface area contributed by atoms with Crippen molar-refractivity contribution in [2.45, 2.75) is 0 Å². The lowest BCUT2D eigenvalue weighted by atomic mass is 9.81. The Labute approximate surface area is 61.5 Å². The summed E-state index contributed by atoms with van der Waals surface area (Å²) in [5.41, 5.74) is -0.962. The average molecular weight is 157 g/mol. The van der Waals surface area contributed by atoms with E-state index in [-0.39, 0.29) is 5.46 Å². The quantitative estimate of drug-likeness (QED) is 0.332. The summed E-state index contributed by atoms with van der Waals surface area (Å²) in [6.45, 7) is 0. The van der Waals surface area contributed by atoms with E-state index in [0.29, 0.717) is 0 Å². The lowest BCUT2D eigenvalue weighted by Crippen LogP contribution is -2.35. The summed E-state index contributed by atoms with van der Waals surface area (Å²) < 4.78 is 12.5. The van der Waals surface area contributed by atoms with Gasteiger partial charge >= 0.3 is 7.12 Å². The molecule has 0 fully saturated rings. The van der Waals surface area contributed by atoms with Gasteiger partial charge in [0.15, 0.2) is 5.95 Å². The molecule has 0 unspecified atom stereocenters. The van der Waals surface area contributed by atoms with E-state index in [1.807, 2.05) is 0 Å². The monoisotopic (exact) mass is 157 g/mol. The molecule has 1 rings (SSSR count). The van der Waals surface area contributed by atoms with Crippen molar-refractivity contribution in [3.8, 4) is 0 Å². The fourth-order valence-electron chi connectivity index (χ4n) is 0.660. The van der Waals surface area contributed by atoms with Crippen LogP contribution in [0.2, 0.25) is 0 Å². The van der Waals surface area contributed by atoms with Gasteiger partial charge in [-0.05, 0) is 0 Å². The molecular formula is C5H5BFNO3. The number of hydrogen-bond acceptors (Lipinski definition) is 3. The summed E-state index contributed by atoms with van der Waals surface area (Å²) in [6, 6.07) is 2.02. The molecule has 0 aromatic carbocycles. The second kappa shape index (κ2) is 2.85. The van der Waals surface area contributed by atoms with Crippen molar-refractivity contribution in [2.75, 3.05) is 0 Å². The first-order valence-electron chi connectivity index (χ1n) is 2.86. The van der Waals surface area contributed by atoms with Crippen LogP contribution in [0.25, 0.3) is 0 Å². The topological polar surface area (TPSA) is 73.3 Å². The number of nitrogens with one attached hydrogen (secondary N) is 1. The van der Waals surface area contributed by atoms with Gasteiger partial charge in [-0.25, -0.2) is 0 Å². The van der Waals surface area contributed by atoms with Crippen molar-refractivity contribution in [1.82, 2.24) is 4.98 Å². The predicted molar refractivity (Wildman–Crippen MR) is 36.8 cm³/mol. The Balaban J connectivity index is 3.20. The fourth-order valence-corrected chi connectivity index (χ4v) is 0.660. The van der Waals surface area contributed by atoms with Crippen LogP contribution in [-0.2, 0) is 0 Å². The van der Waals surface area contributed by atoms with Crippen LogP contribution in [0.3, 0.4) is 0 Å². The minimum atomic E-state index is -1.90. The van der Waals surface area contributed by atoms with Gasteiger partial charge in [0.2, 0.25) is 5.56 Å². The molecule has 0 aliphatic heterocycles. The first-order valence-corrected chi connectivity index (χ1v) is 2.86. The maximum atomic E-state index is 12.5. The van der Waals surface area contributed by atoms with Crippen molar-refractivity contribution in [3.63, 3.8) is 0 Å². The molecule has 1 aromatic heterocycles. The molecule has 0 amide bonds. The summed E-state index contributed by atoms with van der Waals surface area (Å²) in [6.07, 6.45) is 0.